The Labute approximate surface area is 373 Å². The van der Waals surface area contributed by atoms with Crippen LogP contribution in [0.5, 0.6) is 0 Å². The van der Waals surface area contributed by atoms with E-state index in [1.165, 1.54) is 48.8 Å². The Bertz CT molecular complexity index is 2940. The second kappa shape index (κ2) is 14.8. The van der Waals surface area contributed by atoms with Crippen molar-refractivity contribution < 1.29 is 0 Å². The lowest BCUT2D eigenvalue weighted by Crippen LogP contribution is -2.55. The lowest BCUT2D eigenvalue weighted by molar-refractivity contribution is -0.0399. The van der Waals surface area contributed by atoms with Crippen LogP contribution in [0.2, 0.25) is 0 Å². The van der Waals surface area contributed by atoms with Gasteiger partial charge in [-0.05, 0) is 113 Å². The van der Waals surface area contributed by atoms with Crippen molar-refractivity contribution in [2.24, 2.45) is 23.7 Å². The molecule has 0 unspecified atom stereocenters. The third kappa shape index (κ3) is 6.07. The van der Waals surface area contributed by atoms with Gasteiger partial charge in [0.1, 0.15) is 0 Å². The third-order valence-electron chi connectivity index (χ3n) is 14.7. The Morgan fingerprint density at radius 3 is 1.08 bits per heavy atom. The van der Waals surface area contributed by atoms with Crippen LogP contribution in [0.4, 0.5) is 0 Å². The molecule has 5 aliphatic carbocycles. The molecular weight excluding hydrogens is 781 g/mol. The average molecular weight is 825 g/mol. The lowest BCUT2D eigenvalue weighted by atomic mass is 9.43. The van der Waals surface area contributed by atoms with Crippen molar-refractivity contribution in [2.75, 3.05) is 0 Å². The van der Waals surface area contributed by atoms with Gasteiger partial charge >= 0.3 is 0 Å². The Morgan fingerprint density at radius 2 is 0.641 bits per heavy atom. The fourth-order valence-corrected chi connectivity index (χ4v) is 12.3. The van der Waals surface area contributed by atoms with E-state index in [9.17, 15) is 0 Å². The average Bonchev–Trinajstić information content (AvgIpc) is 3.66. The molecule has 0 N–H and O–H groups in total. The molecule has 2 heterocycles. The van der Waals surface area contributed by atoms with E-state index in [4.69, 9.17) is 29.9 Å². The molecule has 2 aromatic heterocycles. The van der Waals surface area contributed by atoms with Crippen LogP contribution in [-0.4, -0.2) is 29.9 Å². The van der Waals surface area contributed by atoms with Crippen molar-refractivity contribution >= 4 is 0 Å². The zero-order valence-corrected chi connectivity index (χ0v) is 35.3. The first-order valence-electron chi connectivity index (χ1n) is 22.8. The Morgan fingerprint density at radius 1 is 0.281 bits per heavy atom. The van der Waals surface area contributed by atoms with Crippen molar-refractivity contribution in [3.63, 3.8) is 0 Å². The van der Waals surface area contributed by atoms with Gasteiger partial charge in [-0.3, -0.25) is 0 Å². The van der Waals surface area contributed by atoms with Gasteiger partial charge in [-0.25, -0.2) is 29.9 Å². The van der Waals surface area contributed by atoms with Crippen LogP contribution in [0.3, 0.4) is 0 Å². The van der Waals surface area contributed by atoms with Gasteiger partial charge in [-0.15, -0.1) is 0 Å². The minimum atomic E-state index is 0.101. The molecule has 6 nitrogen and oxygen atoms in total. The normalized spacial score (nSPS) is 21.2. The van der Waals surface area contributed by atoms with Crippen LogP contribution >= 0.6 is 0 Å². The number of nitrogens with zero attached hydrogens (tertiary/aromatic N) is 6. The number of rotatable bonds is 7. The summed E-state index contributed by atoms with van der Waals surface area (Å²) in [6, 6.07) is 63.9. The highest BCUT2D eigenvalue weighted by Crippen LogP contribution is 2.69. The SMILES string of the molecule is c1ccc(-c2nc(-c3ccccc3)nc(-c3cc(-c4ccc5c(c4)-c4ccccc4C54C5CC6CC(C5)CC4C6)cc(-c4nc(-c5ccccc5)nc(-c5ccccc5)n4)c3)n2)cc1. The van der Waals surface area contributed by atoms with Crippen LogP contribution in [-0.2, 0) is 5.41 Å². The van der Waals surface area contributed by atoms with Crippen LogP contribution in [0.1, 0.15) is 43.2 Å². The summed E-state index contributed by atoms with van der Waals surface area (Å²) in [5.41, 5.74) is 13.6. The number of benzene rings is 7. The predicted octanol–water partition coefficient (Wildman–Crippen LogP) is 13.4. The Hall–Kier alpha value is -7.44. The second-order valence-corrected chi connectivity index (χ2v) is 18.4. The molecule has 1 spiro atoms. The molecule has 0 radical (unpaired) electrons. The Kier molecular flexibility index (Phi) is 8.61. The predicted molar refractivity (Wildman–Crippen MR) is 255 cm³/mol. The number of aromatic nitrogens is 6. The van der Waals surface area contributed by atoms with Crippen LogP contribution in [0.25, 0.3) is 90.6 Å². The summed E-state index contributed by atoms with van der Waals surface area (Å²) >= 11 is 0. The molecule has 0 saturated heterocycles. The monoisotopic (exact) mass is 824 g/mol. The minimum absolute atomic E-state index is 0.101. The van der Waals surface area contributed by atoms with Crippen molar-refractivity contribution in [1.82, 2.24) is 29.9 Å². The molecule has 64 heavy (non-hydrogen) atoms. The maximum atomic E-state index is 5.21. The zero-order chi connectivity index (χ0) is 42.2. The number of hydrogen-bond donors (Lipinski definition) is 0. The van der Waals surface area contributed by atoms with E-state index in [1.54, 1.807) is 5.56 Å². The molecule has 9 aromatic rings. The van der Waals surface area contributed by atoms with Gasteiger partial charge < -0.3 is 0 Å². The van der Waals surface area contributed by atoms with Crippen LogP contribution < -0.4 is 0 Å². The first-order valence-corrected chi connectivity index (χ1v) is 22.8. The van der Waals surface area contributed by atoms with E-state index in [-0.39, 0.29) is 5.41 Å². The highest BCUT2D eigenvalue weighted by atomic mass is 15.0. The van der Waals surface area contributed by atoms with Gasteiger partial charge in [0, 0.05) is 38.8 Å². The van der Waals surface area contributed by atoms with Gasteiger partial charge in [0.2, 0.25) is 0 Å². The second-order valence-electron chi connectivity index (χ2n) is 18.4. The van der Waals surface area contributed by atoms with E-state index in [1.807, 2.05) is 72.8 Å². The summed E-state index contributed by atoms with van der Waals surface area (Å²) < 4.78 is 0. The number of hydrogen-bond acceptors (Lipinski definition) is 6. The van der Waals surface area contributed by atoms with Crippen LogP contribution in [0.15, 0.2) is 182 Å². The molecule has 0 amide bonds. The molecule has 4 fully saturated rings. The minimum Gasteiger partial charge on any atom is -0.208 e. The van der Waals surface area contributed by atoms with E-state index < -0.39 is 0 Å². The smallest absolute Gasteiger partial charge is 0.164 e. The summed E-state index contributed by atoms with van der Waals surface area (Å²) in [4.78, 5) is 30.9. The first kappa shape index (κ1) is 37.1. The molecule has 6 heteroatoms. The highest BCUT2D eigenvalue weighted by Gasteiger charge is 2.61. The summed E-state index contributed by atoms with van der Waals surface area (Å²) in [5, 5.41) is 0. The molecule has 7 aromatic carbocycles. The molecular formula is C58H44N6. The molecule has 4 bridgehead atoms. The quantitative estimate of drug-likeness (QED) is 0.159. The van der Waals surface area contributed by atoms with Crippen molar-refractivity contribution in [3.8, 4) is 90.6 Å². The van der Waals surface area contributed by atoms with E-state index >= 15 is 0 Å². The fraction of sp³-hybridized carbons (Fsp3) is 0.172. The Balaban J connectivity index is 1.03. The number of fused-ring (bicyclic) bond motifs is 3. The summed E-state index contributed by atoms with van der Waals surface area (Å²) in [7, 11) is 0. The molecule has 0 atom stereocenters. The van der Waals surface area contributed by atoms with Gasteiger partial charge in [0.05, 0.1) is 0 Å². The van der Waals surface area contributed by atoms with Crippen molar-refractivity contribution in [2.45, 2.75) is 37.5 Å². The van der Waals surface area contributed by atoms with Gasteiger partial charge in [0.15, 0.2) is 34.9 Å². The highest BCUT2D eigenvalue weighted by molar-refractivity contribution is 5.87. The van der Waals surface area contributed by atoms with Crippen molar-refractivity contribution in [1.29, 1.82) is 0 Å². The standard InChI is InChI=1S/C58H44N6/c1-5-15-38(16-6-1)52-59-53(39-17-7-2-8-18-39)62-56(61-52)44-32-43(33-45(34-44)57-63-54(40-19-9-3-10-20-40)60-55(64-57)41-21-11-4-12-22-41)42-25-26-51-49(35-42)48-23-13-14-24-50(48)58(51)46-28-36-27-37(30-46)31-47(58)29-36/h1-26,32-37,46-47H,27-31H2. The third-order valence-corrected chi connectivity index (χ3v) is 14.7. The van der Waals surface area contributed by atoms with Crippen LogP contribution in [0, 0.1) is 23.7 Å². The molecule has 5 aliphatic rings. The molecule has 14 rings (SSSR count). The summed E-state index contributed by atoms with van der Waals surface area (Å²) in [5.74, 6) is 6.81. The topological polar surface area (TPSA) is 77.3 Å². The van der Waals surface area contributed by atoms with Crippen molar-refractivity contribution in [3.05, 3.63) is 193 Å². The zero-order valence-electron chi connectivity index (χ0n) is 35.3. The lowest BCUT2D eigenvalue weighted by Gasteiger charge is -2.61. The van der Waals surface area contributed by atoms with E-state index in [2.05, 4.69) is 109 Å². The van der Waals surface area contributed by atoms with Gasteiger partial charge in [-0.1, -0.05) is 158 Å². The first-order chi connectivity index (χ1) is 31.6. The summed E-state index contributed by atoms with van der Waals surface area (Å²) in [6.45, 7) is 0. The maximum absolute atomic E-state index is 5.21. The molecule has 4 saturated carbocycles. The van der Waals surface area contributed by atoms with E-state index in [0.29, 0.717) is 46.8 Å². The van der Waals surface area contributed by atoms with Gasteiger partial charge in [-0.2, -0.15) is 0 Å². The largest absolute Gasteiger partial charge is 0.208 e. The summed E-state index contributed by atoms with van der Waals surface area (Å²) in [6.07, 6.45) is 6.88. The molecule has 306 valence electrons. The van der Waals surface area contributed by atoms with Gasteiger partial charge in [0.25, 0.3) is 0 Å². The van der Waals surface area contributed by atoms with E-state index in [0.717, 1.165) is 56.3 Å². The molecule has 0 aliphatic heterocycles. The fourth-order valence-electron chi connectivity index (χ4n) is 12.3. The maximum Gasteiger partial charge on any atom is 0.164 e.